The average Bonchev–Trinajstić information content (AvgIpc) is 2.55. The maximum Gasteiger partial charge on any atom is 0.233 e. The molecule has 1 aliphatic rings. The van der Waals surface area contributed by atoms with Crippen molar-refractivity contribution in [3.63, 3.8) is 0 Å². The third kappa shape index (κ3) is 3.96. The maximum atomic E-state index is 11.7. The van der Waals surface area contributed by atoms with Crippen molar-refractivity contribution in [2.24, 2.45) is 0 Å². The Bertz CT molecular complexity index is 570. The van der Waals surface area contributed by atoms with E-state index in [-0.39, 0.29) is 11.3 Å². The van der Waals surface area contributed by atoms with Crippen LogP contribution < -0.4 is 14.8 Å². The Morgan fingerprint density at radius 2 is 1.87 bits per heavy atom. The fourth-order valence-corrected chi connectivity index (χ4v) is 3.16. The Kier molecular flexibility index (Phi) is 5.52. The maximum absolute atomic E-state index is 11.7. The molecule has 0 saturated heterocycles. The van der Waals surface area contributed by atoms with Crippen molar-refractivity contribution < 1.29 is 14.3 Å². The van der Waals surface area contributed by atoms with E-state index in [1.807, 2.05) is 0 Å². The first-order chi connectivity index (χ1) is 10.9. The summed E-state index contributed by atoms with van der Waals surface area (Å²) in [6.07, 6.45) is 1.89. The molecule has 0 aromatic heterocycles. The highest BCUT2D eigenvalue weighted by Gasteiger charge is 2.29. The van der Waals surface area contributed by atoms with E-state index >= 15 is 0 Å². The second kappa shape index (κ2) is 7.21. The number of hydrogen-bond donors (Lipinski definition) is 1. The van der Waals surface area contributed by atoms with Gasteiger partial charge in [0.25, 0.3) is 0 Å². The summed E-state index contributed by atoms with van der Waals surface area (Å²) < 4.78 is 10.9. The van der Waals surface area contributed by atoms with Gasteiger partial charge in [0.1, 0.15) is 0 Å². The Labute approximate surface area is 139 Å². The summed E-state index contributed by atoms with van der Waals surface area (Å²) in [4.78, 5) is 13.9. The number of benzene rings is 1. The average molecular weight is 320 g/mol. The standard InChI is InChI=1S/C18H28N2O3/c1-18(2)7-9-20(12-17(21)19-3)8-6-13-10-15(22-4)16(23-5)11-14(13)18/h10-11H,6-9,12H2,1-5H3,(H,19,21). The van der Waals surface area contributed by atoms with Crippen LogP contribution in [-0.2, 0) is 16.6 Å². The summed E-state index contributed by atoms with van der Waals surface area (Å²) in [5, 5.41) is 2.70. The highest BCUT2D eigenvalue weighted by molar-refractivity contribution is 5.77. The zero-order valence-electron chi connectivity index (χ0n) is 14.9. The van der Waals surface area contributed by atoms with Crippen LogP contribution in [0.1, 0.15) is 31.4 Å². The second-order valence-corrected chi connectivity index (χ2v) is 6.70. The third-order valence-electron chi connectivity index (χ3n) is 4.73. The zero-order valence-corrected chi connectivity index (χ0v) is 14.9. The quantitative estimate of drug-likeness (QED) is 0.921. The molecule has 1 amide bonds. The Balaban J connectivity index is 2.33. The number of fused-ring (bicyclic) bond motifs is 1. The Morgan fingerprint density at radius 3 is 2.48 bits per heavy atom. The van der Waals surface area contributed by atoms with E-state index < -0.39 is 0 Å². The molecule has 5 heteroatoms. The lowest BCUT2D eigenvalue weighted by atomic mass is 9.77. The van der Waals surface area contributed by atoms with Crippen molar-refractivity contribution in [3.05, 3.63) is 23.3 Å². The molecule has 1 aromatic rings. The van der Waals surface area contributed by atoms with Crippen LogP contribution in [0.25, 0.3) is 0 Å². The SMILES string of the molecule is CNC(=O)CN1CCc2cc(OC)c(OC)cc2C(C)(C)CC1. The summed E-state index contributed by atoms with van der Waals surface area (Å²) in [5.74, 6) is 1.61. The molecule has 128 valence electrons. The highest BCUT2D eigenvalue weighted by Crippen LogP contribution is 2.39. The molecule has 0 spiro atoms. The molecule has 1 N–H and O–H groups in total. The van der Waals surface area contributed by atoms with Gasteiger partial charge in [0.05, 0.1) is 20.8 Å². The minimum Gasteiger partial charge on any atom is -0.493 e. The molecule has 1 heterocycles. The number of carbonyl (C=O) groups is 1. The summed E-state index contributed by atoms with van der Waals surface area (Å²) >= 11 is 0. The van der Waals surface area contributed by atoms with E-state index in [9.17, 15) is 4.79 Å². The number of methoxy groups -OCH3 is 2. The normalized spacial score (nSPS) is 17.6. The number of likely N-dealkylation sites (N-methyl/N-ethyl adjacent to an activating group) is 1. The van der Waals surface area contributed by atoms with Gasteiger partial charge in [-0.15, -0.1) is 0 Å². The molecule has 2 rings (SSSR count). The number of amides is 1. The van der Waals surface area contributed by atoms with Crippen molar-refractivity contribution in [1.82, 2.24) is 10.2 Å². The minimum atomic E-state index is 0.0241. The van der Waals surface area contributed by atoms with Crippen LogP contribution in [0.15, 0.2) is 12.1 Å². The van der Waals surface area contributed by atoms with Crippen molar-refractivity contribution >= 4 is 5.91 Å². The molecule has 0 fully saturated rings. The fraction of sp³-hybridized carbons (Fsp3) is 0.611. The van der Waals surface area contributed by atoms with Gasteiger partial charge in [0, 0.05) is 13.6 Å². The van der Waals surface area contributed by atoms with Gasteiger partial charge in [0.2, 0.25) is 5.91 Å². The molecule has 23 heavy (non-hydrogen) atoms. The molecule has 5 nitrogen and oxygen atoms in total. The zero-order chi connectivity index (χ0) is 17.0. The Hall–Kier alpha value is -1.75. The molecular formula is C18H28N2O3. The van der Waals surface area contributed by atoms with Crippen LogP contribution in [0.2, 0.25) is 0 Å². The lowest BCUT2D eigenvalue weighted by molar-refractivity contribution is -0.121. The summed E-state index contributed by atoms with van der Waals surface area (Å²) in [6, 6.07) is 4.20. The number of hydrogen-bond acceptors (Lipinski definition) is 4. The van der Waals surface area contributed by atoms with Gasteiger partial charge in [-0.1, -0.05) is 13.8 Å². The van der Waals surface area contributed by atoms with Crippen molar-refractivity contribution in [3.8, 4) is 11.5 Å². The Morgan fingerprint density at radius 1 is 1.22 bits per heavy atom. The number of ether oxygens (including phenoxy) is 2. The van der Waals surface area contributed by atoms with E-state index in [1.165, 1.54) is 11.1 Å². The van der Waals surface area contributed by atoms with Crippen LogP contribution in [0, 0.1) is 0 Å². The van der Waals surface area contributed by atoms with E-state index in [0.29, 0.717) is 6.54 Å². The van der Waals surface area contributed by atoms with E-state index in [2.05, 4.69) is 36.2 Å². The first kappa shape index (κ1) is 17.6. The largest absolute Gasteiger partial charge is 0.493 e. The van der Waals surface area contributed by atoms with Gasteiger partial charge in [-0.25, -0.2) is 0 Å². The number of nitrogens with zero attached hydrogens (tertiary/aromatic N) is 1. The number of carbonyl (C=O) groups excluding carboxylic acids is 1. The van der Waals surface area contributed by atoms with Crippen molar-refractivity contribution in [2.45, 2.75) is 32.1 Å². The third-order valence-corrected chi connectivity index (χ3v) is 4.73. The summed E-state index contributed by atoms with van der Waals surface area (Å²) in [6.45, 7) is 6.73. The predicted octanol–water partition coefficient (Wildman–Crippen LogP) is 1.98. The minimum absolute atomic E-state index is 0.0241. The lowest BCUT2D eigenvalue weighted by Gasteiger charge is -2.35. The number of rotatable bonds is 4. The molecular weight excluding hydrogens is 292 g/mol. The van der Waals surface area contributed by atoms with Crippen LogP contribution >= 0.6 is 0 Å². The fourth-order valence-electron chi connectivity index (χ4n) is 3.16. The molecule has 0 atom stereocenters. The smallest absolute Gasteiger partial charge is 0.233 e. The monoisotopic (exact) mass is 320 g/mol. The summed E-state index contributed by atoms with van der Waals surface area (Å²) in [7, 11) is 5.02. The predicted molar refractivity (Wildman–Crippen MR) is 91.4 cm³/mol. The van der Waals surface area contributed by atoms with E-state index in [1.54, 1.807) is 21.3 Å². The molecule has 0 aliphatic carbocycles. The van der Waals surface area contributed by atoms with Crippen molar-refractivity contribution in [1.29, 1.82) is 0 Å². The van der Waals surface area contributed by atoms with Gasteiger partial charge in [0.15, 0.2) is 11.5 Å². The first-order valence-corrected chi connectivity index (χ1v) is 8.09. The molecule has 1 aliphatic heterocycles. The molecule has 0 bridgehead atoms. The molecule has 0 saturated carbocycles. The topological polar surface area (TPSA) is 50.8 Å². The highest BCUT2D eigenvalue weighted by atomic mass is 16.5. The molecule has 0 radical (unpaired) electrons. The van der Waals surface area contributed by atoms with Crippen LogP contribution in [0.5, 0.6) is 11.5 Å². The van der Waals surface area contributed by atoms with E-state index in [4.69, 9.17) is 9.47 Å². The summed E-state index contributed by atoms with van der Waals surface area (Å²) in [5.41, 5.74) is 2.61. The molecule has 0 unspecified atom stereocenters. The van der Waals surface area contributed by atoms with Gasteiger partial charge >= 0.3 is 0 Å². The van der Waals surface area contributed by atoms with Crippen LogP contribution in [0.4, 0.5) is 0 Å². The molecule has 1 aromatic carbocycles. The van der Waals surface area contributed by atoms with Gasteiger partial charge in [-0.3, -0.25) is 9.69 Å². The van der Waals surface area contributed by atoms with Gasteiger partial charge < -0.3 is 14.8 Å². The van der Waals surface area contributed by atoms with Crippen LogP contribution in [-0.4, -0.2) is 51.7 Å². The van der Waals surface area contributed by atoms with Crippen molar-refractivity contribution in [2.75, 3.05) is 40.9 Å². The van der Waals surface area contributed by atoms with Gasteiger partial charge in [-0.05, 0) is 48.1 Å². The van der Waals surface area contributed by atoms with E-state index in [0.717, 1.165) is 37.4 Å². The van der Waals surface area contributed by atoms with Gasteiger partial charge in [-0.2, -0.15) is 0 Å². The number of nitrogens with one attached hydrogen (secondary N) is 1. The lowest BCUT2D eigenvalue weighted by Crippen LogP contribution is -2.40. The van der Waals surface area contributed by atoms with Crippen LogP contribution in [0.3, 0.4) is 0 Å². The first-order valence-electron chi connectivity index (χ1n) is 8.09. The second-order valence-electron chi connectivity index (χ2n) is 6.70.